The fourth-order valence-electron chi connectivity index (χ4n) is 1.46. The zero-order valence-electron chi connectivity index (χ0n) is 8.13. The predicted octanol–water partition coefficient (Wildman–Crippen LogP) is 2.63. The van der Waals surface area contributed by atoms with Crippen LogP contribution in [0.25, 0.3) is 0 Å². The summed E-state index contributed by atoms with van der Waals surface area (Å²) in [6.07, 6.45) is 1.20. The van der Waals surface area contributed by atoms with Crippen molar-refractivity contribution >= 4 is 0 Å². The van der Waals surface area contributed by atoms with Crippen molar-refractivity contribution in [2.45, 2.75) is 18.5 Å². The summed E-state index contributed by atoms with van der Waals surface area (Å²) < 4.78 is 23.9. The zero-order chi connectivity index (χ0) is 10.0. The van der Waals surface area contributed by atoms with E-state index in [9.17, 15) is 4.39 Å². The highest BCUT2D eigenvalue weighted by Gasteiger charge is 2.46. The Hall–Kier alpha value is -1.09. The van der Waals surface area contributed by atoms with Gasteiger partial charge in [0.15, 0.2) is 6.79 Å². The van der Waals surface area contributed by atoms with Crippen LogP contribution in [0.5, 0.6) is 5.75 Å². The number of halogens is 1. The fourth-order valence-corrected chi connectivity index (χ4v) is 1.46. The highest BCUT2D eigenvalue weighted by atomic mass is 19.1. The Morgan fingerprint density at radius 3 is 2.71 bits per heavy atom. The van der Waals surface area contributed by atoms with Gasteiger partial charge in [0.2, 0.25) is 0 Å². The van der Waals surface area contributed by atoms with Gasteiger partial charge in [0, 0.05) is 12.7 Å². The summed E-state index contributed by atoms with van der Waals surface area (Å²) in [6, 6.07) is 7.21. The smallest absolute Gasteiger partial charge is 0.188 e. The Balaban J connectivity index is 2.20. The van der Waals surface area contributed by atoms with Crippen LogP contribution in [0.1, 0.15) is 18.4 Å². The lowest BCUT2D eigenvalue weighted by molar-refractivity contribution is 0.0491. The van der Waals surface area contributed by atoms with E-state index in [1.54, 1.807) is 19.2 Å². The maximum atomic E-state index is 13.8. The van der Waals surface area contributed by atoms with Crippen LogP contribution >= 0.6 is 0 Å². The minimum Gasteiger partial charge on any atom is -0.467 e. The average molecular weight is 196 g/mol. The fraction of sp³-hybridized carbons (Fsp3) is 0.455. The molecule has 0 radical (unpaired) electrons. The van der Waals surface area contributed by atoms with E-state index in [0.29, 0.717) is 24.2 Å². The molecule has 0 N–H and O–H groups in total. The number of methoxy groups -OCH3 is 1. The molecule has 0 spiro atoms. The van der Waals surface area contributed by atoms with E-state index in [0.717, 1.165) is 0 Å². The van der Waals surface area contributed by atoms with Gasteiger partial charge in [-0.1, -0.05) is 18.2 Å². The van der Waals surface area contributed by atoms with Gasteiger partial charge in [0.05, 0.1) is 0 Å². The maximum Gasteiger partial charge on any atom is 0.188 e. The summed E-state index contributed by atoms with van der Waals surface area (Å²) in [6.45, 7) is 0.160. The van der Waals surface area contributed by atoms with Crippen LogP contribution in [0.3, 0.4) is 0 Å². The normalized spacial score (nSPS) is 17.9. The maximum absolute atomic E-state index is 13.8. The van der Waals surface area contributed by atoms with Crippen molar-refractivity contribution in [2.75, 3.05) is 13.9 Å². The van der Waals surface area contributed by atoms with E-state index in [1.807, 2.05) is 12.1 Å². The molecule has 0 amide bonds. The molecule has 1 saturated carbocycles. The second kappa shape index (κ2) is 3.58. The number of para-hydroxylation sites is 1. The first-order valence-electron chi connectivity index (χ1n) is 4.66. The number of hydrogen-bond acceptors (Lipinski definition) is 2. The van der Waals surface area contributed by atoms with Crippen LogP contribution in [-0.2, 0) is 10.4 Å². The van der Waals surface area contributed by atoms with Crippen molar-refractivity contribution in [3.05, 3.63) is 29.8 Å². The molecule has 0 atom stereocenters. The number of hydrogen-bond donors (Lipinski definition) is 0. The first kappa shape index (κ1) is 9.46. The van der Waals surface area contributed by atoms with Gasteiger partial charge in [-0.25, -0.2) is 4.39 Å². The van der Waals surface area contributed by atoms with Gasteiger partial charge in [-0.15, -0.1) is 0 Å². The average Bonchev–Trinajstić information content (AvgIpc) is 2.95. The molecule has 0 bridgehead atoms. The van der Waals surface area contributed by atoms with Gasteiger partial charge in [0.1, 0.15) is 11.4 Å². The van der Waals surface area contributed by atoms with Crippen molar-refractivity contribution < 1.29 is 13.9 Å². The molecule has 0 aliphatic heterocycles. The summed E-state index contributed by atoms with van der Waals surface area (Å²) in [5.74, 6) is 0.592. The summed E-state index contributed by atoms with van der Waals surface area (Å²) in [4.78, 5) is 0. The molecule has 2 nitrogen and oxygen atoms in total. The summed E-state index contributed by atoms with van der Waals surface area (Å²) in [5, 5.41) is 0. The second-order valence-corrected chi connectivity index (χ2v) is 3.51. The van der Waals surface area contributed by atoms with Crippen molar-refractivity contribution in [3.8, 4) is 5.75 Å². The lowest BCUT2D eigenvalue weighted by Crippen LogP contribution is -2.05. The Morgan fingerprint density at radius 1 is 1.36 bits per heavy atom. The molecule has 0 aromatic heterocycles. The van der Waals surface area contributed by atoms with Crippen LogP contribution in [0.2, 0.25) is 0 Å². The van der Waals surface area contributed by atoms with Crippen LogP contribution in [0, 0.1) is 0 Å². The minimum absolute atomic E-state index is 0.160. The van der Waals surface area contributed by atoms with Crippen molar-refractivity contribution in [1.82, 2.24) is 0 Å². The van der Waals surface area contributed by atoms with Crippen LogP contribution < -0.4 is 4.74 Å². The van der Waals surface area contributed by atoms with Crippen molar-refractivity contribution in [2.24, 2.45) is 0 Å². The van der Waals surface area contributed by atoms with E-state index in [2.05, 4.69) is 0 Å². The van der Waals surface area contributed by atoms with E-state index >= 15 is 0 Å². The van der Waals surface area contributed by atoms with Gasteiger partial charge in [-0.2, -0.15) is 0 Å². The molecule has 1 aliphatic rings. The van der Waals surface area contributed by atoms with Gasteiger partial charge in [-0.3, -0.25) is 0 Å². The molecule has 2 rings (SSSR count). The standard InChI is InChI=1S/C11H13FO2/c1-13-8-14-10-5-3-2-4-9(10)11(12)6-7-11/h2-5H,6-8H2,1H3. The molecule has 1 fully saturated rings. The van der Waals surface area contributed by atoms with Gasteiger partial charge >= 0.3 is 0 Å². The molecule has 14 heavy (non-hydrogen) atoms. The molecular formula is C11H13FO2. The third-order valence-electron chi connectivity index (χ3n) is 2.39. The van der Waals surface area contributed by atoms with Crippen LogP contribution in [-0.4, -0.2) is 13.9 Å². The number of alkyl halides is 1. The van der Waals surface area contributed by atoms with E-state index in [1.165, 1.54) is 0 Å². The summed E-state index contributed by atoms with van der Waals surface area (Å²) in [5.41, 5.74) is -0.498. The van der Waals surface area contributed by atoms with Crippen molar-refractivity contribution in [3.63, 3.8) is 0 Å². The molecule has 1 aromatic rings. The molecule has 0 unspecified atom stereocenters. The third kappa shape index (κ3) is 1.73. The van der Waals surface area contributed by atoms with E-state index in [4.69, 9.17) is 9.47 Å². The van der Waals surface area contributed by atoms with E-state index in [-0.39, 0.29) is 6.79 Å². The monoisotopic (exact) mass is 196 g/mol. The summed E-state index contributed by atoms with van der Waals surface area (Å²) in [7, 11) is 1.55. The number of benzene rings is 1. The Labute approximate surface area is 82.6 Å². The second-order valence-electron chi connectivity index (χ2n) is 3.51. The lowest BCUT2D eigenvalue weighted by Gasteiger charge is -2.12. The SMILES string of the molecule is COCOc1ccccc1C1(F)CC1. The molecule has 76 valence electrons. The van der Waals surface area contributed by atoms with Gasteiger partial charge in [-0.05, 0) is 18.9 Å². The number of rotatable bonds is 4. The first-order valence-corrected chi connectivity index (χ1v) is 4.66. The molecular weight excluding hydrogens is 183 g/mol. The minimum atomic E-state index is -1.15. The van der Waals surface area contributed by atoms with Crippen LogP contribution in [0.4, 0.5) is 4.39 Å². The first-order chi connectivity index (χ1) is 6.76. The topological polar surface area (TPSA) is 18.5 Å². The summed E-state index contributed by atoms with van der Waals surface area (Å²) >= 11 is 0. The highest BCUT2D eigenvalue weighted by molar-refractivity contribution is 5.40. The van der Waals surface area contributed by atoms with E-state index < -0.39 is 5.67 Å². The molecule has 3 heteroatoms. The largest absolute Gasteiger partial charge is 0.467 e. The van der Waals surface area contributed by atoms with Crippen molar-refractivity contribution in [1.29, 1.82) is 0 Å². The quantitative estimate of drug-likeness (QED) is 0.689. The lowest BCUT2D eigenvalue weighted by atomic mass is 10.1. The highest BCUT2D eigenvalue weighted by Crippen LogP contribution is 2.52. The Morgan fingerprint density at radius 2 is 2.07 bits per heavy atom. The molecule has 0 saturated heterocycles. The zero-order valence-corrected chi connectivity index (χ0v) is 8.13. The Kier molecular flexibility index (Phi) is 2.42. The van der Waals surface area contributed by atoms with Gasteiger partial charge in [0.25, 0.3) is 0 Å². The molecule has 1 aliphatic carbocycles. The molecule has 1 aromatic carbocycles. The van der Waals surface area contributed by atoms with Crippen LogP contribution in [0.15, 0.2) is 24.3 Å². The number of ether oxygens (including phenoxy) is 2. The Bertz CT molecular complexity index is 321. The predicted molar refractivity (Wildman–Crippen MR) is 51.0 cm³/mol. The molecule has 0 heterocycles. The van der Waals surface area contributed by atoms with Gasteiger partial charge < -0.3 is 9.47 Å². The third-order valence-corrected chi connectivity index (χ3v) is 2.39.